The molecule has 0 spiro atoms. The van der Waals surface area contributed by atoms with Crippen molar-refractivity contribution in [3.8, 4) is 0 Å². The Kier molecular flexibility index (Phi) is 5.04. The van der Waals surface area contributed by atoms with Gasteiger partial charge >= 0.3 is 0 Å². The Hall–Kier alpha value is -1.06. The zero-order chi connectivity index (χ0) is 10.2. The number of aliphatic hydroxyl groups is 1. The minimum Gasteiger partial charge on any atom is -0.395 e. The third-order valence-electron chi connectivity index (χ3n) is 2.06. The topological polar surface area (TPSA) is 32.7 Å². The van der Waals surface area contributed by atoms with Gasteiger partial charge in [-0.15, -0.1) is 0 Å². The van der Waals surface area contributed by atoms with Gasteiger partial charge in [0.2, 0.25) is 0 Å². The van der Waals surface area contributed by atoms with Crippen LogP contribution in [0, 0.1) is 0 Å². The van der Waals surface area contributed by atoms with Crippen LogP contribution in [0.1, 0.15) is 0 Å². The number of benzene rings is 1. The Bertz CT molecular complexity index is 238. The molecule has 3 nitrogen and oxygen atoms in total. The van der Waals surface area contributed by atoms with Gasteiger partial charge in [0.25, 0.3) is 0 Å². The molecule has 0 unspecified atom stereocenters. The molecule has 0 saturated heterocycles. The van der Waals surface area contributed by atoms with E-state index in [2.05, 4.69) is 4.90 Å². The van der Waals surface area contributed by atoms with Gasteiger partial charge in [-0.05, 0) is 12.1 Å². The van der Waals surface area contributed by atoms with Crippen molar-refractivity contribution in [2.45, 2.75) is 0 Å². The highest BCUT2D eigenvalue weighted by Crippen LogP contribution is 2.11. The van der Waals surface area contributed by atoms with Crippen molar-refractivity contribution in [1.29, 1.82) is 0 Å². The van der Waals surface area contributed by atoms with Gasteiger partial charge in [-0.2, -0.15) is 0 Å². The number of anilines is 1. The molecule has 0 aliphatic heterocycles. The van der Waals surface area contributed by atoms with Crippen LogP contribution < -0.4 is 4.90 Å². The molecule has 78 valence electrons. The van der Waals surface area contributed by atoms with Gasteiger partial charge in [0.15, 0.2) is 0 Å². The summed E-state index contributed by atoms with van der Waals surface area (Å²) in [5.74, 6) is 0. The molecule has 0 fully saturated rings. The summed E-state index contributed by atoms with van der Waals surface area (Å²) in [7, 11) is 1.68. The number of hydrogen-bond donors (Lipinski definition) is 1. The monoisotopic (exact) mass is 195 g/mol. The number of hydrogen-bond acceptors (Lipinski definition) is 3. The zero-order valence-corrected chi connectivity index (χ0v) is 8.52. The Balaban J connectivity index is 2.58. The molecule has 0 bridgehead atoms. The lowest BCUT2D eigenvalue weighted by molar-refractivity contribution is 0.203. The largest absolute Gasteiger partial charge is 0.395 e. The van der Waals surface area contributed by atoms with E-state index in [-0.39, 0.29) is 6.61 Å². The summed E-state index contributed by atoms with van der Waals surface area (Å²) in [6, 6.07) is 10.0. The van der Waals surface area contributed by atoms with Gasteiger partial charge in [0, 0.05) is 25.9 Å². The van der Waals surface area contributed by atoms with Gasteiger partial charge in [-0.3, -0.25) is 0 Å². The molecule has 0 radical (unpaired) electrons. The lowest BCUT2D eigenvalue weighted by atomic mass is 10.3. The first-order valence-electron chi connectivity index (χ1n) is 4.78. The number of methoxy groups -OCH3 is 1. The first-order chi connectivity index (χ1) is 6.88. The molecule has 14 heavy (non-hydrogen) atoms. The van der Waals surface area contributed by atoms with Crippen molar-refractivity contribution in [3.05, 3.63) is 30.3 Å². The lowest BCUT2D eigenvalue weighted by Gasteiger charge is -2.23. The average Bonchev–Trinajstić information content (AvgIpc) is 2.25. The van der Waals surface area contributed by atoms with Crippen molar-refractivity contribution < 1.29 is 9.84 Å². The summed E-state index contributed by atoms with van der Waals surface area (Å²) in [6.07, 6.45) is 0. The summed E-state index contributed by atoms with van der Waals surface area (Å²) in [4.78, 5) is 2.10. The molecule has 0 heterocycles. The molecule has 0 amide bonds. The van der Waals surface area contributed by atoms with Crippen molar-refractivity contribution in [2.75, 3.05) is 38.3 Å². The summed E-state index contributed by atoms with van der Waals surface area (Å²) in [5.41, 5.74) is 1.12. The van der Waals surface area contributed by atoms with Gasteiger partial charge in [-0.25, -0.2) is 0 Å². The Labute approximate surface area is 84.9 Å². The molecule has 3 heteroatoms. The molecule has 0 atom stereocenters. The fourth-order valence-corrected chi connectivity index (χ4v) is 1.33. The van der Waals surface area contributed by atoms with Crippen molar-refractivity contribution >= 4 is 5.69 Å². The zero-order valence-electron chi connectivity index (χ0n) is 8.52. The highest BCUT2D eigenvalue weighted by atomic mass is 16.5. The fraction of sp³-hybridized carbons (Fsp3) is 0.455. The Morgan fingerprint density at radius 1 is 1.21 bits per heavy atom. The molecule has 1 aromatic rings. The number of rotatable bonds is 6. The minimum absolute atomic E-state index is 0.165. The molecule has 0 aliphatic rings. The number of aliphatic hydroxyl groups excluding tert-OH is 1. The van der Waals surface area contributed by atoms with Crippen LogP contribution in [0.15, 0.2) is 30.3 Å². The third-order valence-corrected chi connectivity index (χ3v) is 2.06. The van der Waals surface area contributed by atoms with E-state index < -0.39 is 0 Å². The maximum Gasteiger partial charge on any atom is 0.0637 e. The normalized spacial score (nSPS) is 10.1. The second-order valence-corrected chi connectivity index (χ2v) is 3.04. The van der Waals surface area contributed by atoms with Crippen molar-refractivity contribution in [3.63, 3.8) is 0 Å². The smallest absolute Gasteiger partial charge is 0.0637 e. The van der Waals surface area contributed by atoms with E-state index >= 15 is 0 Å². The average molecular weight is 195 g/mol. The van der Waals surface area contributed by atoms with Gasteiger partial charge < -0.3 is 14.7 Å². The van der Waals surface area contributed by atoms with Crippen LogP contribution >= 0.6 is 0 Å². The first kappa shape index (κ1) is 11.0. The van der Waals surface area contributed by atoms with Crippen LogP contribution in [0.3, 0.4) is 0 Å². The van der Waals surface area contributed by atoms with Crippen LogP contribution in [0.2, 0.25) is 0 Å². The molecule has 1 N–H and O–H groups in total. The van der Waals surface area contributed by atoms with Crippen LogP contribution in [-0.2, 0) is 4.74 Å². The predicted octanol–water partition coefficient (Wildman–Crippen LogP) is 1.13. The molecule has 0 aliphatic carbocycles. The summed E-state index contributed by atoms with van der Waals surface area (Å²) in [5, 5.41) is 8.91. The van der Waals surface area contributed by atoms with Crippen LogP contribution in [0.5, 0.6) is 0 Å². The SMILES string of the molecule is COCCN(CCO)c1ccccc1. The van der Waals surface area contributed by atoms with Gasteiger partial charge in [0.1, 0.15) is 0 Å². The van der Waals surface area contributed by atoms with E-state index in [9.17, 15) is 0 Å². The van der Waals surface area contributed by atoms with Crippen LogP contribution in [0.25, 0.3) is 0 Å². The molecule has 1 rings (SSSR count). The molecule has 0 aromatic heterocycles. The first-order valence-corrected chi connectivity index (χ1v) is 4.78. The maximum atomic E-state index is 8.91. The second kappa shape index (κ2) is 6.40. The van der Waals surface area contributed by atoms with E-state index in [1.54, 1.807) is 7.11 Å². The lowest BCUT2D eigenvalue weighted by Crippen LogP contribution is -2.29. The van der Waals surface area contributed by atoms with E-state index in [0.717, 1.165) is 12.2 Å². The van der Waals surface area contributed by atoms with E-state index in [0.29, 0.717) is 13.2 Å². The summed E-state index contributed by atoms with van der Waals surface area (Å²) < 4.78 is 5.02. The molecule has 0 saturated carbocycles. The standard InChI is InChI=1S/C11H17NO2/c1-14-10-8-12(7-9-13)11-5-3-2-4-6-11/h2-6,13H,7-10H2,1H3. The highest BCUT2D eigenvalue weighted by Gasteiger charge is 2.03. The number of nitrogens with zero attached hydrogens (tertiary/aromatic N) is 1. The fourth-order valence-electron chi connectivity index (χ4n) is 1.33. The summed E-state index contributed by atoms with van der Waals surface area (Å²) >= 11 is 0. The van der Waals surface area contributed by atoms with Crippen molar-refractivity contribution in [2.24, 2.45) is 0 Å². The summed E-state index contributed by atoms with van der Waals surface area (Å²) in [6.45, 7) is 2.29. The van der Waals surface area contributed by atoms with Crippen LogP contribution in [-0.4, -0.2) is 38.5 Å². The quantitative estimate of drug-likeness (QED) is 0.738. The highest BCUT2D eigenvalue weighted by molar-refractivity contribution is 5.45. The van der Waals surface area contributed by atoms with Gasteiger partial charge in [-0.1, -0.05) is 18.2 Å². The minimum atomic E-state index is 0.165. The van der Waals surface area contributed by atoms with E-state index in [4.69, 9.17) is 9.84 Å². The molecule has 1 aromatic carbocycles. The predicted molar refractivity (Wildman–Crippen MR) is 57.6 cm³/mol. The van der Waals surface area contributed by atoms with E-state index in [1.165, 1.54) is 0 Å². The van der Waals surface area contributed by atoms with Crippen LogP contribution in [0.4, 0.5) is 5.69 Å². The second-order valence-electron chi connectivity index (χ2n) is 3.04. The third kappa shape index (κ3) is 3.36. The number of para-hydroxylation sites is 1. The van der Waals surface area contributed by atoms with Gasteiger partial charge in [0.05, 0.1) is 13.2 Å². The maximum absolute atomic E-state index is 8.91. The Morgan fingerprint density at radius 2 is 1.93 bits per heavy atom. The Morgan fingerprint density at radius 3 is 2.50 bits per heavy atom. The number of ether oxygens (including phenoxy) is 1. The van der Waals surface area contributed by atoms with Crippen molar-refractivity contribution in [1.82, 2.24) is 0 Å². The molecular weight excluding hydrogens is 178 g/mol. The van der Waals surface area contributed by atoms with E-state index in [1.807, 2.05) is 30.3 Å². The molecular formula is C11H17NO2.